The van der Waals surface area contributed by atoms with Gasteiger partial charge in [-0.2, -0.15) is 0 Å². The summed E-state index contributed by atoms with van der Waals surface area (Å²) in [5.74, 6) is 1.66. The maximum absolute atomic E-state index is 11.6. The van der Waals surface area contributed by atoms with Crippen LogP contribution in [0.1, 0.15) is 19.8 Å². The van der Waals surface area contributed by atoms with Crippen LogP contribution in [0, 0.1) is 0 Å². The van der Waals surface area contributed by atoms with Crippen LogP contribution in [-0.2, 0) is 6.54 Å². The van der Waals surface area contributed by atoms with Crippen molar-refractivity contribution in [1.29, 1.82) is 0 Å². The van der Waals surface area contributed by atoms with Gasteiger partial charge in [0.1, 0.15) is 12.4 Å². The molecular weight excluding hydrogens is 455 g/mol. The van der Waals surface area contributed by atoms with Crippen LogP contribution in [0.5, 0.6) is 5.75 Å². The van der Waals surface area contributed by atoms with Crippen LogP contribution >= 0.6 is 24.0 Å². The zero-order valence-electron chi connectivity index (χ0n) is 15.8. The molecule has 1 aromatic carbocycles. The summed E-state index contributed by atoms with van der Waals surface area (Å²) in [6, 6.07) is 15.0. The minimum absolute atomic E-state index is 0. The molecule has 0 atom stereocenters. The first-order valence-corrected chi connectivity index (χ1v) is 9.15. The molecule has 1 aromatic heterocycles. The smallest absolute Gasteiger partial charge is 0.250 e. The fourth-order valence-corrected chi connectivity index (χ4v) is 2.43. The summed E-state index contributed by atoms with van der Waals surface area (Å²) in [5, 5.41) is 6.49. The second-order valence-corrected chi connectivity index (χ2v) is 5.79. The molecule has 2 aromatic rings. The molecule has 2 rings (SSSR count). The largest absolute Gasteiger partial charge is 0.492 e. The number of aromatic nitrogens is 1. The van der Waals surface area contributed by atoms with Crippen molar-refractivity contribution in [2.45, 2.75) is 26.3 Å². The van der Waals surface area contributed by atoms with Crippen molar-refractivity contribution in [1.82, 2.24) is 15.2 Å². The number of guanidine groups is 1. The topological polar surface area (TPSA) is 67.7 Å². The fraction of sp³-hybridized carbons (Fsp3) is 0.400. The van der Waals surface area contributed by atoms with Crippen molar-refractivity contribution >= 4 is 29.9 Å². The minimum atomic E-state index is 0. The lowest BCUT2D eigenvalue weighted by Crippen LogP contribution is -2.39. The summed E-state index contributed by atoms with van der Waals surface area (Å²) >= 11 is 0. The molecule has 7 heteroatoms. The quantitative estimate of drug-likeness (QED) is 0.236. The number of nitrogens with zero attached hydrogens (tertiary/aromatic N) is 2. The van der Waals surface area contributed by atoms with Crippen molar-refractivity contribution < 1.29 is 4.74 Å². The first-order valence-electron chi connectivity index (χ1n) is 9.15. The Labute approximate surface area is 178 Å². The maximum atomic E-state index is 11.6. The highest BCUT2D eigenvalue weighted by molar-refractivity contribution is 14.0. The molecule has 0 aliphatic carbocycles. The number of hydrogen-bond acceptors (Lipinski definition) is 3. The van der Waals surface area contributed by atoms with Gasteiger partial charge in [0.25, 0.3) is 0 Å². The first kappa shape index (κ1) is 23.0. The number of rotatable bonds is 10. The lowest BCUT2D eigenvalue weighted by molar-refractivity contribution is 0.322. The number of halogens is 1. The predicted molar refractivity (Wildman–Crippen MR) is 121 cm³/mol. The summed E-state index contributed by atoms with van der Waals surface area (Å²) in [5.41, 5.74) is 0.0458. The standard InChI is InChI=1S/C20H28N4O2.HI/c1-2-21-20(23-14-17-26-18-10-4-3-5-11-18)22-13-7-9-16-24-15-8-6-12-19(24)25;/h3-6,8,10-12,15H,2,7,9,13-14,16-17H2,1H3,(H2,21,22,23);1H. The fourth-order valence-electron chi connectivity index (χ4n) is 2.43. The first-order chi connectivity index (χ1) is 12.8. The highest BCUT2D eigenvalue weighted by Crippen LogP contribution is 2.07. The normalized spacial score (nSPS) is 10.8. The monoisotopic (exact) mass is 484 g/mol. The third kappa shape index (κ3) is 9.46. The van der Waals surface area contributed by atoms with Crippen LogP contribution in [0.25, 0.3) is 0 Å². The Bertz CT molecular complexity index is 719. The number of para-hydroxylation sites is 1. The van der Waals surface area contributed by atoms with E-state index in [1.54, 1.807) is 16.7 Å². The minimum Gasteiger partial charge on any atom is -0.492 e. The summed E-state index contributed by atoms with van der Waals surface area (Å²) in [6.07, 6.45) is 3.67. The summed E-state index contributed by atoms with van der Waals surface area (Å²) < 4.78 is 7.39. The molecule has 0 unspecified atom stereocenters. The number of ether oxygens (including phenoxy) is 1. The zero-order valence-corrected chi connectivity index (χ0v) is 18.1. The highest BCUT2D eigenvalue weighted by atomic mass is 127. The van der Waals surface area contributed by atoms with Gasteiger partial charge in [-0.15, -0.1) is 24.0 Å². The van der Waals surface area contributed by atoms with Gasteiger partial charge >= 0.3 is 0 Å². The van der Waals surface area contributed by atoms with Crippen molar-refractivity contribution in [3.8, 4) is 5.75 Å². The van der Waals surface area contributed by atoms with Gasteiger partial charge < -0.3 is 19.9 Å². The van der Waals surface area contributed by atoms with E-state index in [2.05, 4.69) is 15.6 Å². The van der Waals surface area contributed by atoms with Gasteiger partial charge in [-0.05, 0) is 38.0 Å². The molecule has 6 nitrogen and oxygen atoms in total. The maximum Gasteiger partial charge on any atom is 0.250 e. The molecule has 0 aliphatic heterocycles. The molecule has 0 fully saturated rings. The third-order valence-corrected chi connectivity index (χ3v) is 3.73. The van der Waals surface area contributed by atoms with E-state index in [1.165, 1.54) is 0 Å². The average molecular weight is 484 g/mol. The Hall–Kier alpha value is -2.03. The number of aryl methyl sites for hydroxylation is 1. The molecule has 148 valence electrons. The van der Waals surface area contributed by atoms with Gasteiger partial charge in [-0.25, -0.2) is 0 Å². The molecule has 0 spiro atoms. The summed E-state index contributed by atoms with van der Waals surface area (Å²) in [7, 11) is 0. The molecule has 0 saturated carbocycles. The van der Waals surface area contributed by atoms with E-state index in [4.69, 9.17) is 4.74 Å². The Morgan fingerprint density at radius 2 is 1.85 bits per heavy atom. The van der Waals surface area contributed by atoms with E-state index < -0.39 is 0 Å². The number of benzene rings is 1. The number of hydrogen-bond donors (Lipinski definition) is 2. The molecule has 2 N–H and O–H groups in total. The van der Waals surface area contributed by atoms with Gasteiger partial charge in [-0.1, -0.05) is 24.3 Å². The van der Waals surface area contributed by atoms with Crippen LogP contribution in [0.4, 0.5) is 0 Å². The van der Waals surface area contributed by atoms with Crippen LogP contribution in [0.15, 0.2) is 64.5 Å². The molecule has 0 radical (unpaired) electrons. The van der Waals surface area contributed by atoms with Crippen molar-refractivity contribution in [3.05, 3.63) is 65.1 Å². The van der Waals surface area contributed by atoms with E-state index in [-0.39, 0.29) is 29.5 Å². The van der Waals surface area contributed by atoms with E-state index in [0.717, 1.165) is 44.2 Å². The van der Waals surface area contributed by atoms with Gasteiger partial charge in [0.15, 0.2) is 5.96 Å². The Morgan fingerprint density at radius 1 is 1.07 bits per heavy atom. The Morgan fingerprint density at radius 3 is 2.59 bits per heavy atom. The van der Waals surface area contributed by atoms with Gasteiger partial charge in [0, 0.05) is 31.9 Å². The van der Waals surface area contributed by atoms with Crippen molar-refractivity contribution in [3.63, 3.8) is 0 Å². The van der Waals surface area contributed by atoms with E-state index in [9.17, 15) is 4.79 Å². The van der Waals surface area contributed by atoms with Crippen LogP contribution in [-0.4, -0.2) is 36.8 Å². The molecule has 0 saturated heterocycles. The van der Waals surface area contributed by atoms with E-state index in [0.29, 0.717) is 13.2 Å². The lowest BCUT2D eigenvalue weighted by atomic mass is 10.3. The van der Waals surface area contributed by atoms with Crippen LogP contribution in [0.3, 0.4) is 0 Å². The van der Waals surface area contributed by atoms with Crippen molar-refractivity contribution in [2.75, 3.05) is 26.2 Å². The molecule has 0 amide bonds. The van der Waals surface area contributed by atoms with Gasteiger partial charge in [-0.3, -0.25) is 9.79 Å². The van der Waals surface area contributed by atoms with E-state index in [1.807, 2.05) is 49.5 Å². The summed E-state index contributed by atoms with van der Waals surface area (Å²) in [6.45, 7) is 5.55. The lowest BCUT2D eigenvalue weighted by Gasteiger charge is -2.12. The second-order valence-electron chi connectivity index (χ2n) is 5.79. The summed E-state index contributed by atoms with van der Waals surface area (Å²) in [4.78, 5) is 16.2. The highest BCUT2D eigenvalue weighted by Gasteiger charge is 1.98. The van der Waals surface area contributed by atoms with Gasteiger partial charge in [0.05, 0.1) is 6.54 Å². The average Bonchev–Trinajstić information content (AvgIpc) is 2.67. The second kappa shape index (κ2) is 14.1. The molecule has 27 heavy (non-hydrogen) atoms. The Kier molecular flexibility index (Phi) is 12.0. The molecule has 0 aliphatic rings. The molecule has 0 bridgehead atoms. The Balaban J connectivity index is 0.00000364. The SMILES string of the molecule is CCNC(=NCCCCn1ccccc1=O)NCCOc1ccccc1.I. The number of aliphatic imine (C=N–C) groups is 1. The van der Waals surface area contributed by atoms with Crippen LogP contribution < -0.4 is 20.9 Å². The number of nitrogens with one attached hydrogen (secondary N) is 2. The third-order valence-electron chi connectivity index (χ3n) is 3.73. The zero-order chi connectivity index (χ0) is 18.5. The number of pyridine rings is 1. The predicted octanol–water partition coefficient (Wildman–Crippen LogP) is 2.88. The van der Waals surface area contributed by atoms with Crippen molar-refractivity contribution in [2.24, 2.45) is 4.99 Å². The van der Waals surface area contributed by atoms with E-state index >= 15 is 0 Å². The molecular formula is C20H29IN4O2. The van der Waals surface area contributed by atoms with Gasteiger partial charge in [0.2, 0.25) is 5.56 Å². The number of unbranched alkanes of at least 4 members (excludes halogenated alkanes) is 1. The molecule has 1 heterocycles. The van der Waals surface area contributed by atoms with Crippen LogP contribution in [0.2, 0.25) is 0 Å².